The van der Waals surface area contributed by atoms with E-state index in [0.717, 1.165) is 13.1 Å². The number of carbonyl (C=O) groups excluding carboxylic acids is 1. The third kappa shape index (κ3) is 3.04. The molecule has 1 aliphatic rings. The van der Waals surface area contributed by atoms with Crippen LogP contribution in [0.5, 0.6) is 0 Å². The number of halogens is 1. The zero-order valence-electron chi connectivity index (χ0n) is 10.6. The zero-order chi connectivity index (χ0) is 13.8. The van der Waals surface area contributed by atoms with Gasteiger partial charge in [-0.05, 0) is 18.2 Å². The van der Waals surface area contributed by atoms with E-state index >= 15 is 0 Å². The van der Waals surface area contributed by atoms with Gasteiger partial charge in [0.05, 0.1) is 12.1 Å². The number of terminal acetylenes is 1. The summed E-state index contributed by atoms with van der Waals surface area (Å²) in [7, 11) is 0. The lowest BCUT2D eigenvalue weighted by Crippen LogP contribution is -2.48. The zero-order valence-corrected chi connectivity index (χ0v) is 10.6. The largest absolute Gasteiger partial charge is 0.398 e. The Balaban J connectivity index is 2.05. The lowest BCUT2D eigenvalue weighted by molar-refractivity contribution is 0.0653. The highest BCUT2D eigenvalue weighted by Gasteiger charge is 2.23. The van der Waals surface area contributed by atoms with Crippen LogP contribution in [0, 0.1) is 18.2 Å². The Morgan fingerprint density at radius 3 is 2.68 bits per heavy atom. The molecular weight excluding hydrogens is 245 g/mol. The van der Waals surface area contributed by atoms with Gasteiger partial charge in [-0.15, -0.1) is 6.42 Å². The summed E-state index contributed by atoms with van der Waals surface area (Å²) in [4.78, 5) is 16.0. The topological polar surface area (TPSA) is 49.6 Å². The van der Waals surface area contributed by atoms with Gasteiger partial charge in [-0.1, -0.05) is 5.92 Å². The van der Waals surface area contributed by atoms with Gasteiger partial charge in [0.2, 0.25) is 0 Å². The summed E-state index contributed by atoms with van der Waals surface area (Å²) >= 11 is 0. The molecule has 1 aromatic rings. The summed E-state index contributed by atoms with van der Waals surface area (Å²) in [6.07, 6.45) is 5.25. The fourth-order valence-electron chi connectivity index (χ4n) is 2.12. The van der Waals surface area contributed by atoms with E-state index < -0.39 is 5.82 Å². The second-order valence-electron chi connectivity index (χ2n) is 4.50. The van der Waals surface area contributed by atoms with Crippen LogP contribution in [0.4, 0.5) is 10.1 Å². The van der Waals surface area contributed by atoms with Gasteiger partial charge in [0.1, 0.15) is 5.82 Å². The molecule has 0 aliphatic carbocycles. The summed E-state index contributed by atoms with van der Waals surface area (Å²) in [6.45, 7) is 3.20. The third-order valence-electron chi connectivity index (χ3n) is 3.22. The van der Waals surface area contributed by atoms with Crippen LogP contribution >= 0.6 is 0 Å². The number of nitrogen functional groups attached to an aromatic ring is 1. The van der Waals surface area contributed by atoms with Crippen molar-refractivity contribution in [3.05, 3.63) is 29.6 Å². The van der Waals surface area contributed by atoms with Crippen molar-refractivity contribution in [3.8, 4) is 12.3 Å². The van der Waals surface area contributed by atoms with Gasteiger partial charge >= 0.3 is 0 Å². The molecule has 1 amide bonds. The highest BCUT2D eigenvalue weighted by Crippen LogP contribution is 2.16. The standard InChI is InChI=1S/C14H16FN3O/c1-2-5-17-6-8-18(9-7-17)14(19)12-10-11(15)3-4-13(12)16/h1,3-4,10H,5-9,16H2. The average molecular weight is 261 g/mol. The molecule has 0 aromatic heterocycles. The molecule has 19 heavy (non-hydrogen) atoms. The van der Waals surface area contributed by atoms with Crippen LogP contribution in [0.3, 0.4) is 0 Å². The van der Waals surface area contributed by atoms with Crippen LogP contribution in [0.15, 0.2) is 18.2 Å². The molecule has 4 nitrogen and oxygen atoms in total. The molecule has 1 fully saturated rings. The van der Waals surface area contributed by atoms with Crippen molar-refractivity contribution in [2.24, 2.45) is 0 Å². The maximum Gasteiger partial charge on any atom is 0.256 e. The molecule has 0 spiro atoms. The van der Waals surface area contributed by atoms with E-state index in [1.807, 2.05) is 0 Å². The van der Waals surface area contributed by atoms with Gasteiger partial charge in [0, 0.05) is 31.9 Å². The number of piperazine rings is 1. The predicted octanol–water partition coefficient (Wildman–Crippen LogP) is 0.799. The van der Waals surface area contributed by atoms with E-state index in [0.29, 0.717) is 25.3 Å². The first kappa shape index (κ1) is 13.4. The van der Waals surface area contributed by atoms with Crippen molar-refractivity contribution in [1.82, 2.24) is 9.80 Å². The number of hydrogen-bond donors (Lipinski definition) is 1. The first-order valence-electron chi connectivity index (χ1n) is 6.12. The fourth-order valence-corrected chi connectivity index (χ4v) is 2.12. The minimum absolute atomic E-state index is 0.225. The Morgan fingerprint density at radius 2 is 2.05 bits per heavy atom. The maximum atomic E-state index is 13.2. The van der Waals surface area contributed by atoms with Crippen molar-refractivity contribution in [1.29, 1.82) is 0 Å². The first-order valence-corrected chi connectivity index (χ1v) is 6.12. The third-order valence-corrected chi connectivity index (χ3v) is 3.22. The molecule has 100 valence electrons. The Labute approximate surface area is 112 Å². The van der Waals surface area contributed by atoms with Crippen molar-refractivity contribution >= 4 is 11.6 Å². The van der Waals surface area contributed by atoms with E-state index in [2.05, 4.69) is 10.8 Å². The van der Waals surface area contributed by atoms with Crippen LogP contribution in [0.2, 0.25) is 0 Å². The Kier molecular flexibility index (Phi) is 4.03. The van der Waals surface area contributed by atoms with Crippen LogP contribution in [-0.2, 0) is 0 Å². The minimum atomic E-state index is -0.455. The normalized spacial score (nSPS) is 16.1. The van der Waals surface area contributed by atoms with E-state index in [9.17, 15) is 9.18 Å². The van der Waals surface area contributed by atoms with Gasteiger partial charge in [0.15, 0.2) is 0 Å². The number of anilines is 1. The molecule has 0 saturated carbocycles. The number of hydrogen-bond acceptors (Lipinski definition) is 3. The molecule has 1 saturated heterocycles. The Morgan fingerprint density at radius 1 is 1.37 bits per heavy atom. The summed E-state index contributed by atoms with van der Waals surface area (Å²) in [6, 6.07) is 3.85. The van der Waals surface area contributed by atoms with Gasteiger partial charge < -0.3 is 10.6 Å². The summed E-state index contributed by atoms with van der Waals surface area (Å²) < 4.78 is 13.2. The molecule has 5 heteroatoms. The number of nitrogens with zero attached hydrogens (tertiary/aromatic N) is 2. The maximum absolute atomic E-state index is 13.2. The van der Waals surface area contributed by atoms with E-state index in [1.54, 1.807) is 4.90 Å². The van der Waals surface area contributed by atoms with E-state index in [1.165, 1.54) is 18.2 Å². The SMILES string of the molecule is C#CCN1CCN(C(=O)c2cc(F)ccc2N)CC1. The van der Waals surface area contributed by atoms with Gasteiger partial charge in [-0.2, -0.15) is 0 Å². The average Bonchev–Trinajstić information content (AvgIpc) is 2.42. The number of rotatable bonds is 2. The lowest BCUT2D eigenvalue weighted by Gasteiger charge is -2.33. The molecule has 2 rings (SSSR count). The Hall–Kier alpha value is -2.06. The van der Waals surface area contributed by atoms with Gasteiger partial charge in [-0.25, -0.2) is 4.39 Å². The van der Waals surface area contributed by atoms with Crippen LogP contribution < -0.4 is 5.73 Å². The summed E-state index contributed by atoms with van der Waals surface area (Å²) in [5, 5.41) is 0. The quantitative estimate of drug-likeness (QED) is 0.633. The monoisotopic (exact) mass is 261 g/mol. The molecule has 1 heterocycles. The first-order chi connectivity index (χ1) is 9.11. The van der Waals surface area contributed by atoms with Crippen LogP contribution in [0.25, 0.3) is 0 Å². The van der Waals surface area contributed by atoms with Crippen LogP contribution in [-0.4, -0.2) is 48.4 Å². The number of nitrogens with two attached hydrogens (primary N) is 1. The smallest absolute Gasteiger partial charge is 0.256 e. The molecule has 1 aliphatic heterocycles. The molecule has 0 bridgehead atoms. The molecule has 0 unspecified atom stereocenters. The second kappa shape index (κ2) is 5.72. The molecular formula is C14H16FN3O. The summed E-state index contributed by atoms with van der Waals surface area (Å²) in [5.41, 5.74) is 6.25. The summed E-state index contributed by atoms with van der Waals surface area (Å²) in [5.74, 6) is 1.90. The van der Waals surface area contributed by atoms with Crippen molar-refractivity contribution in [2.75, 3.05) is 38.5 Å². The van der Waals surface area contributed by atoms with Crippen molar-refractivity contribution < 1.29 is 9.18 Å². The molecule has 0 radical (unpaired) electrons. The predicted molar refractivity (Wildman–Crippen MR) is 72.0 cm³/mol. The highest BCUT2D eigenvalue weighted by molar-refractivity contribution is 5.99. The molecule has 0 atom stereocenters. The van der Waals surface area contributed by atoms with E-state index in [4.69, 9.17) is 12.2 Å². The van der Waals surface area contributed by atoms with Crippen molar-refractivity contribution in [3.63, 3.8) is 0 Å². The Bertz CT molecular complexity index is 516. The highest BCUT2D eigenvalue weighted by atomic mass is 19.1. The molecule has 2 N–H and O–H groups in total. The van der Waals surface area contributed by atoms with Gasteiger partial charge in [0.25, 0.3) is 5.91 Å². The molecule has 1 aromatic carbocycles. The number of benzene rings is 1. The van der Waals surface area contributed by atoms with E-state index in [-0.39, 0.29) is 11.5 Å². The number of amides is 1. The van der Waals surface area contributed by atoms with Crippen LogP contribution in [0.1, 0.15) is 10.4 Å². The van der Waals surface area contributed by atoms with Gasteiger partial charge in [-0.3, -0.25) is 9.69 Å². The minimum Gasteiger partial charge on any atom is -0.398 e. The lowest BCUT2D eigenvalue weighted by atomic mass is 10.1. The fraction of sp³-hybridized carbons (Fsp3) is 0.357. The second-order valence-corrected chi connectivity index (χ2v) is 4.50. The van der Waals surface area contributed by atoms with Crippen molar-refractivity contribution in [2.45, 2.75) is 0 Å². The number of carbonyl (C=O) groups is 1.